The van der Waals surface area contributed by atoms with Gasteiger partial charge < -0.3 is 10.1 Å². The fourth-order valence-electron chi connectivity index (χ4n) is 2.31. The summed E-state index contributed by atoms with van der Waals surface area (Å²) in [7, 11) is 1.69. The van der Waals surface area contributed by atoms with Crippen LogP contribution in [0.1, 0.15) is 24.0 Å². The summed E-state index contributed by atoms with van der Waals surface area (Å²) < 4.78 is 4.98. The summed E-state index contributed by atoms with van der Waals surface area (Å²) >= 11 is 0. The maximum atomic E-state index is 5.47. The molecule has 5 nitrogen and oxygen atoms in total. The number of hydrogen-bond acceptors (Lipinski definition) is 3. The molecule has 0 amide bonds. The molecule has 1 aliphatic carbocycles. The summed E-state index contributed by atoms with van der Waals surface area (Å²) in [5.74, 6) is 6.07. The Morgan fingerprint density at radius 2 is 2.21 bits per heavy atom. The van der Waals surface area contributed by atoms with Gasteiger partial charge in [0, 0.05) is 25.9 Å². The van der Waals surface area contributed by atoms with E-state index in [0.29, 0.717) is 19.1 Å². The first kappa shape index (κ1) is 13.8. The number of nitrogens with one attached hydrogen (secondary N) is 2. The summed E-state index contributed by atoms with van der Waals surface area (Å²) in [5, 5.41) is 3.21. The Bertz CT molecular complexity index is 445. The molecule has 0 heterocycles. The predicted molar refractivity (Wildman–Crippen MR) is 78.2 cm³/mol. The summed E-state index contributed by atoms with van der Waals surface area (Å²) in [4.78, 5) is 4.36. The van der Waals surface area contributed by atoms with Crippen molar-refractivity contribution in [3.8, 4) is 0 Å². The Balaban J connectivity index is 1.94. The van der Waals surface area contributed by atoms with E-state index in [9.17, 15) is 0 Å². The molecule has 5 heteroatoms. The minimum absolute atomic E-state index is 0.592. The highest BCUT2D eigenvalue weighted by Gasteiger charge is 2.11. The van der Waals surface area contributed by atoms with E-state index in [2.05, 4.69) is 33.9 Å². The number of hydrogen-bond donors (Lipinski definition) is 3. The highest BCUT2D eigenvalue weighted by molar-refractivity contribution is 5.93. The van der Waals surface area contributed by atoms with E-state index in [0.717, 1.165) is 12.1 Å². The number of nitrogens with zero attached hydrogens (tertiary/aromatic N) is 1. The van der Waals surface area contributed by atoms with Gasteiger partial charge in [-0.3, -0.25) is 10.4 Å². The number of hydrazine groups is 1. The summed E-state index contributed by atoms with van der Waals surface area (Å²) in [6.07, 6.45) is 4.50. The molecule has 104 valence electrons. The van der Waals surface area contributed by atoms with E-state index in [1.54, 1.807) is 7.11 Å². The van der Waals surface area contributed by atoms with Gasteiger partial charge in [-0.05, 0) is 48.9 Å². The molecule has 19 heavy (non-hydrogen) atoms. The Kier molecular flexibility index (Phi) is 5.18. The first-order valence-corrected chi connectivity index (χ1v) is 6.72. The average molecular weight is 262 g/mol. The second-order valence-corrected chi connectivity index (χ2v) is 4.68. The fraction of sp³-hybridized carbons (Fsp3) is 0.500. The molecule has 0 fully saturated rings. The van der Waals surface area contributed by atoms with E-state index in [1.165, 1.54) is 30.4 Å². The smallest absolute Gasteiger partial charge is 0.210 e. The number of anilines is 1. The fourth-order valence-corrected chi connectivity index (χ4v) is 2.31. The second-order valence-electron chi connectivity index (χ2n) is 4.68. The summed E-state index contributed by atoms with van der Waals surface area (Å²) in [6, 6.07) is 6.44. The van der Waals surface area contributed by atoms with Crippen LogP contribution in [0.25, 0.3) is 0 Å². The van der Waals surface area contributed by atoms with Gasteiger partial charge in [-0.1, -0.05) is 6.07 Å². The van der Waals surface area contributed by atoms with Crippen LogP contribution in [0.5, 0.6) is 0 Å². The number of fused-ring (bicyclic) bond motifs is 1. The van der Waals surface area contributed by atoms with Crippen molar-refractivity contribution >= 4 is 11.6 Å². The van der Waals surface area contributed by atoms with Crippen LogP contribution >= 0.6 is 0 Å². The third-order valence-corrected chi connectivity index (χ3v) is 3.27. The Morgan fingerprint density at radius 3 is 3.00 bits per heavy atom. The quantitative estimate of drug-likeness (QED) is 0.247. The third-order valence-electron chi connectivity index (χ3n) is 3.27. The number of aryl methyl sites for hydroxylation is 2. The molecule has 0 bridgehead atoms. The van der Waals surface area contributed by atoms with Crippen LogP contribution in [0.15, 0.2) is 23.2 Å². The Hall–Kier alpha value is -1.59. The normalized spacial score (nSPS) is 14.3. The molecular formula is C14H22N4O. The standard InChI is InChI=1S/C14H22N4O/c1-19-9-3-8-16-14(18-15)17-13-7-6-11-4-2-5-12(11)10-13/h6-7,10H,2-5,8-9,15H2,1H3,(H2,16,17,18). The molecule has 0 aliphatic heterocycles. The van der Waals surface area contributed by atoms with Gasteiger partial charge in [-0.25, -0.2) is 5.84 Å². The monoisotopic (exact) mass is 262 g/mol. The molecule has 1 aliphatic rings. The van der Waals surface area contributed by atoms with Gasteiger partial charge in [0.25, 0.3) is 0 Å². The van der Waals surface area contributed by atoms with Gasteiger partial charge in [0.1, 0.15) is 0 Å². The SMILES string of the molecule is COCCCN=C(NN)Nc1ccc2c(c1)CCC2. The van der Waals surface area contributed by atoms with Crippen molar-refractivity contribution in [1.82, 2.24) is 5.43 Å². The lowest BCUT2D eigenvalue weighted by atomic mass is 10.1. The van der Waals surface area contributed by atoms with Crippen molar-refractivity contribution in [1.29, 1.82) is 0 Å². The van der Waals surface area contributed by atoms with Crippen LogP contribution in [0.2, 0.25) is 0 Å². The lowest BCUT2D eigenvalue weighted by Gasteiger charge is -2.10. The van der Waals surface area contributed by atoms with Gasteiger partial charge in [-0.2, -0.15) is 0 Å². The first-order valence-electron chi connectivity index (χ1n) is 6.72. The molecule has 0 radical (unpaired) electrons. The van der Waals surface area contributed by atoms with E-state index in [1.807, 2.05) is 0 Å². The summed E-state index contributed by atoms with van der Waals surface area (Å²) in [6.45, 7) is 1.39. The number of guanidine groups is 1. The zero-order valence-electron chi connectivity index (χ0n) is 11.4. The topological polar surface area (TPSA) is 71.7 Å². The molecule has 0 saturated heterocycles. The van der Waals surface area contributed by atoms with Crippen molar-refractivity contribution in [3.05, 3.63) is 29.3 Å². The van der Waals surface area contributed by atoms with E-state index < -0.39 is 0 Å². The van der Waals surface area contributed by atoms with Gasteiger partial charge >= 0.3 is 0 Å². The van der Waals surface area contributed by atoms with E-state index >= 15 is 0 Å². The number of aliphatic imine (C=N–C) groups is 1. The first-order chi connectivity index (χ1) is 9.33. The average Bonchev–Trinajstić information content (AvgIpc) is 2.89. The molecule has 0 spiro atoms. The lowest BCUT2D eigenvalue weighted by molar-refractivity contribution is 0.197. The Morgan fingerprint density at radius 1 is 1.37 bits per heavy atom. The van der Waals surface area contributed by atoms with Gasteiger partial charge in [-0.15, -0.1) is 0 Å². The molecular weight excluding hydrogens is 240 g/mol. The zero-order chi connectivity index (χ0) is 13.5. The van der Waals surface area contributed by atoms with Crippen LogP contribution in [0.4, 0.5) is 5.69 Å². The summed E-state index contributed by atoms with van der Waals surface area (Å²) in [5.41, 5.74) is 6.52. The zero-order valence-corrected chi connectivity index (χ0v) is 11.4. The molecule has 0 aromatic heterocycles. The van der Waals surface area contributed by atoms with Crippen molar-refractivity contribution < 1.29 is 4.74 Å². The highest BCUT2D eigenvalue weighted by Crippen LogP contribution is 2.24. The predicted octanol–water partition coefficient (Wildman–Crippen LogP) is 1.44. The largest absolute Gasteiger partial charge is 0.385 e. The number of ether oxygens (including phenoxy) is 1. The van der Waals surface area contributed by atoms with Crippen molar-refractivity contribution in [3.63, 3.8) is 0 Å². The van der Waals surface area contributed by atoms with Gasteiger partial charge in [0.2, 0.25) is 5.96 Å². The van der Waals surface area contributed by atoms with Crippen LogP contribution in [-0.2, 0) is 17.6 Å². The molecule has 4 N–H and O–H groups in total. The number of benzene rings is 1. The number of rotatable bonds is 5. The Labute approximate surface area is 114 Å². The third kappa shape index (κ3) is 3.94. The molecule has 0 saturated carbocycles. The van der Waals surface area contributed by atoms with Gasteiger partial charge in [0.05, 0.1) is 0 Å². The van der Waals surface area contributed by atoms with Crippen molar-refractivity contribution in [2.24, 2.45) is 10.8 Å². The van der Waals surface area contributed by atoms with Crippen molar-refractivity contribution in [2.75, 3.05) is 25.6 Å². The molecule has 2 rings (SSSR count). The minimum atomic E-state index is 0.592. The van der Waals surface area contributed by atoms with Crippen molar-refractivity contribution in [2.45, 2.75) is 25.7 Å². The molecule has 1 aromatic carbocycles. The maximum Gasteiger partial charge on any atom is 0.210 e. The van der Waals surface area contributed by atoms with Crippen LogP contribution < -0.4 is 16.6 Å². The molecule has 0 unspecified atom stereocenters. The molecule has 0 atom stereocenters. The van der Waals surface area contributed by atoms with Crippen LogP contribution in [0, 0.1) is 0 Å². The highest BCUT2D eigenvalue weighted by atomic mass is 16.5. The van der Waals surface area contributed by atoms with Crippen LogP contribution in [-0.4, -0.2) is 26.2 Å². The lowest BCUT2D eigenvalue weighted by Crippen LogP contribution is -2.36. The van der Waals surface area contributed by atoms with E-state index in [4.69, 9.17) is 10.6 Å². The minimum Gasteiger partial charge on any atom is -0.385 e. The van der Waals surface area contributed by atoms with Crippen LogP contribution in [0.3, 0.4) is 0 Å². The maximum absolute atomic E-state index is 5.47. The number of methoxy groups -OCH3 is 1. The van der Waals surface area contributed by atoms with Gasteiger partial charge in [0.15, 0.2) is 0 Å². The second kappa shape index (κ2) is 7.11. The van der Waals surface area contributed by atoms with E-state index in [-0.39, 0.29) is 0 Å². The molecule has 1 aromatic rings. The number of nitrogens with two attached hydrogens (primary N) is 1.